The minimum absolute atomic E-state index is 0.126. The van der Waals surface area contributed by atoms with Crippen molar-refractivity contribution >= 4 is 34.1 Å². The summed E-state index contributed by atoms with van der Waals surface area (Å²) in [6.07, 6.45) is 0.824. The van der Waals surface area contributed by atoms with Gasteiger partial charge in [-0.25, -0.2) is 9.89 Å². The number of hydrogen-bond acceptors (Lipinski definition) is 4. The van der Waals surface area contributed by atoms with Crippen LogP contribution in [0, 0.1) is 0 Å². The Labute approximate surface area is 149 Å². The molecule has 2 aromatic carbocycles. The zero-order chi connectivity index (χ0) is 17.8. The lowest BCUT2D eigenvalue weighted by Crippen LogP contribution is -2.24. The van der Waals surface area contributed by atoms with E-state index >= 15 is 0 Å². The molecule has 0 aliphatic carbocycles. The van der Waals surface area contributed by atoms with Crippen LogP contribution < -0.4 is 11.0 Å². The summed E-state index contributed by atoms with van der Waals surface area (Å²) in [6, 6.07) is 13.8. The number of aromatic amines is 1. The molecule has 6 nitrogen and oxygen atoms in total. The molecule has 0 spiro atoms. The third-order valence-corrected chi connectivity index (χ3v) is 4.93. The summed E-state index contributed by atoms with van der Waals surface area (Å²) in [4.78, 5) is 24.2. The highest BCUT2D eigenvalue weighted by atomic mass is 32.2. The van der Waals surface area contributed by atoms with E-state index in [2.05, 4.69) is 15.5 Å². The lowest BCUT2D eigenvalue weighted by molar-refractivity contribution is -0.115. The maximum Gasteiger partial charge on any atom is 0.343 e. The number of fused-ring (bicyclic) bond motifs is 1. The number of H-pyrrole nitrogens is 1. The third-order valence-electron chi connectivity index (χ3n) is 3.84. The van der Waals surface area contributed by atoms with Crippen molar-refractivity contribution in [1.29, 1.82) is 0 Å². The molecule has 2 N–H and O–H groups in total. The lowest BCUT2D eigenvalue weighted by Gasteiger charge is -2.12. The highest BCUT2D eigenvalue weighted by Crippen LogP contribution is 2.23. The SMILES string of the molecule is CCCn1c(S[C@@H](C)C(=O)Nc2ccc3ccccc3c2)n[nH]c1=O. The molecular weight excluding hydrogens is 336 g/mol. The van der Waals surface area contributed by atoms with Gasteiger partial charge in [0.1, 0.15) is 0 Å². The quantitative estimate of drug-likeness (QED) is 0.665. The Bertz CT molecular complexity index is 947. The molecule has 0 fully saturated rings. The van der Waals surface area contributed by atoms with Crippen LogP contribution in [0.25, 0.3) is 10.8 Å². The van der Waals surface area contributed by atoms with Gasteiger partial charge in [0.05, 0.1) is 5.25 Å². The summed E-state index contributed by atoms with van der Waals surface area (Å²) in [6.45, 7) is 4.37. The van der Waals surface area contributed by atoms with Crippen molar-refractivity contribution < 1.29 is 4.79 Å². The molecule has 1 aromatic heterocycles. The van der Waals surface area contributed by atoms with Crippen LogP contribution in [0.5, 0.6) is 0 Å². The molecule has 0 aliphatic rings. The summed E-state index contributed by atoms with van der Waals surface area (Å²) in [5.74, 6) is -0.126. The molecule has 0 unspecified atom stereocenters. The first-order valence-electron chi connectivity index (χ1n) is 8.20. The first kappa shape index (κ1) is 17.3. The summed E-state index contributed by atoms with van der Waals surface area (Å²) >= 11 is 1.27. The summed E-state index contributed by atoms with van der Waals surface area (Å²) in [7, 11) is 0. The minimum Gasteiger partial charge on any atom is -0.325 e. The van der Waals surface area contributed by atoms with E-state index < -0.39 is 0 Å². The Kier molecular flexibility index (Phi) is 5.23. The molecule has 1 heterocycles. The van der Waals surface area contributed by atoms with E-state index in [1.54, 1.807) is 11.5 Å². The number of carbonyl (C=O) groups is 1. The zero-order valence-electron chi connectivity index (χ0n) is 14.2. The fourth-order valence-electron chi connectivity index (χ4n) is 2.54. The highest BCUT2D eigenvalue weighted by molar-refractivity contribution is 8.00. The van der Waals surface area contributed by atoms with Crippen molar-refractivity contribution in [3.8, 4) is 0 Å². The maximum absolute atomic E-state index is 12.5. The van der Waals surface area contributed by atoms with Crippen molar-refractivity contribution in [3.05, 3.63) is 52.9 Å². The first-order valence-corrected chi connectivity index (χ1v) is 9.08. The standard InChI is InChI=1S/C18H20N4O2S/c1-3-10-22-17(24)20-21-18(22)25-12(2)16(23)19-15-9-8-13-6-4-5-7-14(13)11-15/h4-9,11-12H,3,10H2,1-2H3,(H,19,23)(H,20,24)/t12-/m0/s1. The fraction of sp³-hybridized carbons (Fsp3) is 0.278. The number of nitrogens with zero attached hydrogens (tertiary/aromatic N) is 2. The minimum atomic E-state index is -0.378. The first-order chi connectivity index (χ1) is 12.1. The predicted molar refractivity (Wildman–Crippen MR) is 101 cm³/mol. The number of nitrogens with one attached hydrogen (secondary N) is 2. The van der Waals surface area contributed by atoms with Gasteiger partial charge in [-0.05, 0) is 36.2 Å². The number of rotatable bonds is 6. The molecule has 3 rings (SSSR count). The van der Waals surface area contributed by atoms with E-state index in [-0.39, 0.29) is 16.8 Å². The van der Waals surface area contributed by atoms with Crippen molar-refractivity contribution in [3.63, 3.8) is 0 Å². The average molecular weight is 356 g/mol. The van der Waals surface area contributed by atoms with Gasteiger partial charge in [-0.2, -0.15) is 0 Å². The molecular formula is C18H20N4O2S. The van der Waals surface area contributed by atoms with Crippen molar-refractivity contribution in [2.75, 3.05) is 5.32 Å². The second-order valence-electron chi connectivity index (χ2n) is 5.77. The molecule has 1 amide bonds. The largest absolute Gasteiger partial charge is 0.343 e. The maximum atomic E-state index is 12.5. The Balaban J connectivity index is 1.70. The van der Waals surface area contributed by atoms with Crippen molar-refractivity contribution in [2.45, 2.75) is 37.2 Å². The van der Waals surface area contributed by atoms with Crippen LogP contribution in [0.1, 0.15) is 20.3 Å². The summed E-state index contributed by atoms with van der Waals surface area (Å²) < 4.78 is 1.56. The Morgan fingerprint density at radius 2 is 2.04 bits per heavy atom. The number of benzene rings is 2. The van der Waals surface area contributed by atoms with Gasteiger partial charge in [-0.15, -0.1) is 5.10 Å². The van der Waals surface area contributed by atoms with Crippen LogP contribution in [0.2, 0.25) is 0 Å². The molecule has 3 aromatic rings. The van der Waals surface area contributed by atoms with Gasteiger partial charge < -0.3 is 5.32 Å². The molecule has 0 saturated carbocycles. The zero-order valence-corrected chi connectivity index (χ0v) is 15.0. The van der Waals surface area contributed by atoms with Crippen LogP contribution in [-0.2, 0) is 11.3 Å². The van der Waals surface area contributed by atoms with Gasteiger partial charge in [-0.1, -0.05) is 49.0 Å². The number of anilines is 1. The van der Waals surface area contributed by atoms with Gasteiger partial charge in [0.15, 0.2) is 5.16 Å². The molecule has 0 saturated heterocycles. The van der Waals surface area contributed by atoms with E-state index in [0.29, 0.717) is 11.7 Å². The highest BCUT2D eigenvalue weighted by Gasteiger charge is 2.19. The monoisotopic (exact) mass is 356 g/mol. The van der Waals surface area contributed by atoms with E-state index in [1.807, 2.05) is 49.4 Å². The number of aromatic nitrogens is 3. The topological polar surface area (TPSA) is 79.8 Å². The molecule has 1 atom stereocenters. The Morgan fingerprint density at radius 1 is 1.28 bits per heavy atom. The lowest BCUT2D eigenvalue weighted by atomic mass is 10.1. The van der Waals surface area contributed by atoms with Crippen LogP contribution >= 0.6 is 11.8 Å². The van der Waals surface area contributed by atoms with E-state index in [0.717, 1.165) is 22.9 Å². The number of thioether (sulfide) groups is 1. The molecule has 25 heavy (non-hydrogen) atoms. The summed E-state index contributed by atoms with van der Waals surface area (Å²) in [5, 5.41) is 11.7. The van der Waals surface area contributed by atoms with Gasteiger partial charge in [-0.3, -0.25) is 9.36 Å². The second kappa shape index (κ2) is 7.57. The number of amides is 1. The smallest absolute Gasteiger partial charge is 0.325 e. The van der Waals surface area contributed by atoms with Crippen LogP contribution in [0.4, 0.5) is 5.69 Å². The van der Waals surface area contributed by atoms with Crippen molar-refractivity contribution in [1.82, 2.24) is 14.8 Å². The Morgan fingerprint density at radius 3 is 2.80 bits per heavy atom. The third kappa shape index (κ3) is 3.93. The van der Waals surface area contributed by atoms with E-state index in [9.17, 15) is 9.59 Å². The van der Waals surface area contributed by atoms with Crippen LogP contribution in [0.15, 0.2) is 52.4 Å². The second-order valence-corrected chi connectivity index (χ2v) is 7.08. The normalized spacial score (nSPS) is 12.2. The fourth-order valence-corrected chi connectivity index (χ4v) is 3.42. The predicted octanol–water partition coefficient (Wildman–Crippen LogP) is 3.25. The molecule has 7 heteroatoms. The average Bonchev–Trinajstić information content (AvgIpc) is 2.95. The van der Waals surface area contributed by atoms with E-state index in [4.69, 9.17) is 0 Å². The van der Waals surface area contributed by atoms with Crippen molar-refractivity contribution in [2.24, 2.45) is 0 Å². The van der Waals surface area contributed by atoms with Gasteiger partial charge in [0.2, 0.25) is 5.91 Å². The van der Waals surface area contributed by atoms with Crippen LogP contribution in [-0.4, -0.2) is 25.9 Å². The summed E-state index contributed by atoms with van der Waals surface area (Å²) in [5.41, 5.74) is 0.510. The van der Waals surface area contributed by atoms with Gasteiger partial charge in [0.25, 0.3) is 0 Å². The molecule has 130 valence electrons. The van der Waals surface area contributed by atoms with Crippen LogP contribution in [0.3, 0.4) is 0 Å². The number of hydrogen-bond donors (Lipinski definition) is 2. The van der Waals surface area contributed by atoms with Gasteiger partial charge >= 0.3 is 5.69 Å². The van der Waals surface area contributed by atoms with Gasteiger partial charge in [0, 0.05) is 12.2 Å². The van der Waals surface area contributed by atoms with E-state index in [1.165, 1.54) is 11.8 Å². The number of carbonyl (C=O) groups excluding carboxylic acids is 1. The molecule has 0 aliphatic heterocycles. The Hall–Kier alpha value is -2.54. The molecule has 0 radical (unpaired) electrons. The molecule has 0 bridgehead atoms.